The third-order valence-electron chi connectivity index (χ3n) is 3.88. The van der Waals surface area contributed by atoms with E-state index in [1.54, 1.807) is 48.8 Å². The Kier molecular flexibility index (Phi) is 4.15. The van der Waals surface area contributed by atoms with Crippen molar-refractivity contribution in [2.45, 2.75) is 25.5 Å². The van der Waals surface area contributed by atoms with Crippen molar-refractivity contribution >= 4 is 23.2 Å². The quantitative estimate of drug-likeness (QED) is 0.940. The lowest BCUT2D eigenvalue weighted by Gasteiger charge is -2.31. The normalized spacial score (nSPS) is 20.5. The fourth-order valence-corrected chi connectivity index (χ4v) is 2.71. The van der Waals surface area contributed by atoms with E-state index in [0.29, 0.717) is 22.6 Å². The minimum atomic E-state index is -1.50. The van der Waals surface area contributed by atoms with Gasteiger partial charge in [-0.25, -0.2) is 0 Å². The summed E-state index contributed by atoms with van der Waals surface area (Å²) in [5, 5.41) is 17.2. The van der Waals surface area contributed by atoms with Crippen molar-refractivity contribution in [3.63, 3.8) is 0 Å². The number of aliphatic hydroxyl groups is 1. The van der Waals surface area contributed by atoms with E-state index in [1.165, 1.54) is 0 Å². The number of nitrogens with zero attached hydrogens (tertiary/aromatic N) is 3. The lowest BCUT2D eigenvalue weighted by molar-refractivity contribution is -0.0766. The lowest BCUT2D eigenvalue weighted by atomic mass is 9.97. The summed E-state index contributed by atoms with van der Waals surface area (Å²) in [7, 11) is 0. The third kappa shape index (κ3) is 2.85. The molecule has 118 valence electrons. The SMILES string of the molecule is CCC1=NN(C(=O)c2ccc(Cl)cc2)[C@](O)(c2ccncc2)C1. The third-order valence-corrected chi connectivity index (χ3v) is 4.13. The van der Waals surface area contributed by atoms with Crippen molar-refractivity contribution in [1.82, 2.24) is 9.99 Å². The van der Waals surface area contributed by atoms with E-state index in [0.717, 1.165) is 10.7 Å². The molecule has 0 saturated carbocycles. The summed E-state index contributed by atoms with van der Waals surface area (Å²) in [6, 6.07) is 9.91. The number of hydrogen-bond acceptors (Lipinski definition) is 4. The van der Waals surface area contributed by atoms with Gasteiger partial charge in [-0.15, -0.1) is 0 Å². The molecule has 0 bridgehead atoms. The van der Waals surface area contributed by atoms with Crippen LogP contribution in [0.15, 0.2) is 53.9 Å². The first-order chi connectivity index (χ1) is 11.0. The molecule has 3 rings (SSSR count). The smallest absolute Gasteiger partial charge is 0.276 e. The van der Waals surface area contributed by atoms with Crippen LogP contribution in [-0.4, -0.2) is 26.7 Å². The Hall–Kier alpha value is -2.24. The van der Waals surface area contributed by atoms with E-state index in [9.17, 15) is 9.90 Å². The maximum atomic E-state index is 12.8. The molecular weight excluding hydrogens is 314 g/mol. The van der Waals surface area contributed by atoms with E-state index in [4.69, 9.17) is 11.6 Å². The highest BCUT2D eigenvalue weighted by molar-refractivity contribution is 6.30. The van der Waals surface area contributed by atoms with Crippen LogP contribution in [0, 0.1) is 0 Å². The molecule has 1 amide bonds. The van der Waals surface area contributed by atoms with E-state index in [1.807, 2.05) is 6.92 Å². The molecule has 0 spiro atoms. The van der Waals surface area contributed by atoms with Crippen LogP contribution in [0.5, 0.6) is 0 Å². The molecule has 6 heteroatoms. The Morgan fingerprint density at radius 3 is 2.52 bits per heavy atom. The van der Waals surface area contributed by atoms with Gasteiger partial charge in [0.25, 0.3) is 5.91 Å². The first kappa shape index (κ1) is 15.6. The van der Waals surface area contributed by atoms with Gasteiger partial charge >= 0.3 is 0 Å². The molecule has 0 aliphatic carbocycles. The van der Waals surface area contributed by atoms with Gasteiger partial charge in [0.15, 0.2) is 5.72 Å². The van der Waals surface area contributed by atoms with Gasteiger partial charge in [-0.05, 0) is 42.8 Å². The van der Waals surface area contributed by atoms with Crippen molar-refractivity contribution in [3.8, 4) is 0 Å². The zero-order valence-corrected chi connectivity index (χ0v) is 13.4. The van der Waals surface area contributed by atoms with Gasteiger partial charge in [0.05, 0.1) is 0 Å². The number of hydrogen-bond donors (Lipinski definition) is 1. The fourth-order valence-electron chi connectivity index (χ4n) is 2.59. The van der Waals surface area contributed by atoms with Gasteiger partial charge in [-0.2, -0.15) is 10.1 Å². The Morgan fingerprint density at radius 2 is 1.91 bits per heavy atom. The van der Waals surface area contributed by atoms with Crippen molar-refractivity contribution < 1.29 is 9.90 Å². The summed E-state index contributed by atoms with van der Waals surface area (Å²) in [5.41, 5.74) is 0.280. The number of carbonyl (C=O) groups is 1. The standard InChI is InChI=1S/C17H16ClN3O2/c1-2-15-11-17(23,13-7-9-19-10-8-13)21(20-15)16(22)12-3-5-14(18)6-4-12/h3-10,23H,2,11H2,1H3/t17-/m1/s1. The lowest BCUT2D eigenvalue weighted by Crippen LogP contribution is -2.43. The maximum Gasteiger partial charge on any atom is 0.276 e. The van der Waals surface area contributed by atoms with Gasteiger partial charge in [0.1, 0.15) is 0 Å². The Balaban J connectivity index is 2.01. The molecule has 1 aliphatic heterocycles. The van der Waals surface area contributed by atoms with Crippen LogP contribution in [0.3, 0.4) is 0 Å². The highest BCUT2D eigenvalue weighted by Crippen LogP contribution is 2.36. The minimum absolute atomic E-state index is 0.285. The van der Waals surface area contributed by atoms with Crippen LogP contribution in [0.1, 0.15) is 35.7 Å². The molecule has 1 atom stereocenters. The van der Waals surface area contributed by atoms with Gasteiger partial charge in [-0.1, -0.05) is 18.5 Å². The fraction of sp³-hybridized carbons (Fsp3) is 0.235. The van der Waals surface area contributed by atoms with E-state index in [2.05, 4.69) is 10.1 Å². The number of halogens is 1. The second-order valence-corrected chi connectivity index (χ2v) is 5.81. The molecule has 0 saturated heterocycles. The van der Waals surface area contributed by atoms with Gasteiger partial charge in [0.2, 0.25) is 0 Å². The predicted octanol–water partition coefficient (Wildman–Crippen LogP) is 3.19. The second kappa shape index (κ2) is 6.10. The molecule has 1 aromatic heterocycles. The van der Waals surface area contributed by atoms with Gasteiger partial charge in [0, 0.05) is 40.7 Å². The number of carbonyl (C=O) groups excluding carboxylic acids is 1. The average Bonchev–Trinajstić information content (AvgIpc) is 2.94. The van der Waals surface area contributed by atoms with Crippen molar-refractivity contribution in [2.24, 2.45) is 5.10 Å². The minimum Gasteiger partial charge on any atom is -0.365 e. The highest BCUT2D eigenvalue weighted by atomic mass is 35.5. The van der Waals surface area contributed by atoms with Crippen LogP contribution in [-0.2, 0) is 5.72 Å². The largest absolute Gasteiger partial charge is 0.365 e. The molecule has 23 heavy (non-hydrogen) atoms. The summed E-state index contributed by atoms with van der Waals surface area (Å²) < 4.78 is 0. The zero-order valence-electron chi connectivity index (χ0n) is 12.6. The molecule has 1 N–H and O–H groups in total. The topological polar surface area (TPSA) is 65.8 Å². The number of hydrazone groups is 1. The monoisotopic (exact) mass is 329 g/mol. The van der Waals surface area contributed by atoms with Crippen LogP contribution in [0.2, 0.25) is 5.02 Å². The molecular formula is C17H16ClN3O2. The first-order valence-corrected chi connectivity index (χ1v) is 7.72. The van der Waals surface area contributed by atoms with Crippen LogP contribution >= 0.6 is 11.6 Å². The van der Waals surface area contributed by atoms with E-state index < -0.39 is 5.72 Å². The zero-order chi connectivity index (χ0) is 16.4. The Labute approximate surface area is 139 Å². The second-order valence-electron chi connectivity index (χ2n) is 5.37. The molecule has 1 aliphatic rings. The Morgan fingerprint density at radius 1 is 1.26 bits per heavy atom. The van der Waals surface area contributed by atoms with E-state index in [-0.39, 0.29) is 12.3 Å². The molecule has 1 aromatic carbocycles. The molecule has 2 aromatic rings. The van der Waals surface area contributed by atoms with Crippen LogP contribution in [0.25, 0.3) is 0 Å². The average molecular weight is 330 g/mol. The van der Waals surface area contributed by atoms with Crippen molar-refractivity contribution in [1.29, 1.82) is 0 Å². The predicted molar refractivity (Wildman–Crippen MR) is 88.1 cm³/mol. The molecule has 5 nitrogen and oxygen atoms in total. The van der Waals surface area contributed by atoms with Crippen molar-refractivity contribution in [3.05, 3.63) is 64.9 Å². The van der Waals surface area contributed by atoms with Crippen LogP contribution < -0.4 is 0 Å². The maximum absolute atomic E-state index is 12.8. The van der Waals surface area contributed by atoms with Crippen molar-refractivity contribution in [2.75, 3.05) is 0 Å². The summed E-state index contributed by atoms with van der Waals surface area (Å²) in [6.45, 7) is 1.95. The van der Waals surface area contributed by atoms with Gasteiger partial charge in [-0.3, -0.25) is 9.78 Å². The number of amides is 1. The number of pyridine rings is 1. The molecule has 0 fully saturated rings. The molecule has 2 heterocycles. The Bertz CT molecular complexity index is 746. The molecule has 0 radical (unpaired) electrons. The van der Waals surface area contributed by atoms with E-state index >= 15 is 0 Å². The highest BCUT2D eigenvalue weighted by Gasteiger charge is 2.45. The number of aromatic nitrogens is 1. The number of benzene rings is 1. The number of rotatable bonds is 3. The first-order valence-electron chi connectivity index (χ1n) is 7.34. The summed E-state index contributed by atoms with van der Waals surface area (Å²) in [6.07, 6.45) is 4.12. The van der Waals surface area contributed by atoms with Gasteiger partial charge < -0.3 is 5.11 Å². The summed E-state index contributed by atoms with van der Waals surface area (Å²) >= 11 is 5.86. The van der Waals surface area contributed by atoms with Crippen LogP contribution in [0.4, 0.5) is 0 Å². The summed E-state index contributed by atoms with van der Waals surface area (Å²) in [5.74, 6) is -0.371. The molecule has 0 unspecified atom stereocenters. The summed E-state index contributed by atoms with van der Waals surface area (Å²) in [4.78, 5) is 16.8.